The predicted molar refractivity (Wildman–Crippen MR) is 68.7 cm³/mol. The normalized spacial score (nSPS) is 10.6. The first kappa shape index (κ1) is 13.1. The van der Waals surface area contributed by atoms with Crippen LogP contribution in [0.3, 0.4) is 0 Å². The van der Waals surface area contributed by atoms with Crippen molar-refractivity contribution in [3.05, 3.63) is 45.2 Å². The molecule has 0 aliphatic carbocycles. The van der Waals surface area contributed by atoms with Crippen molar-refractivity contribution >= 4 is 28.9 Å². The number of aryl methyl sites for hydroxylation is 1. The average molecular weight is 285 g/mol. The zero-order valence-corrected chi connectivity index (χ0v) is 11.2. The van der Waals surface area contributed by atoms with E-state index in [9.17, 15) is 9.18 Å². The standard InChI is InChI=1S/C12H10ClFN2OS/c1-2-3-10-12(18-16-15-10)11(17)8-5-4-7(13)6-9(8)14/h4-6H,2-3H2,1H3. The van der Waals surface area contributed by atoms with Gasteiger partial charge in [0.25, 0.3) is 0 Å². The highest BCUT2D eigenvalue weighted by Crippen LogP contribution is 2.21. The summed E-state index contributed by atoms with van der Waals surface area (Å²) in [6.07, 6.45) is 1.52. The molecule has 18 heavy (non-hydrogen) atoms. The molecule has 0 unspecified atom stereocenters. The molecular formula is C12H10ClFN2OS. The molecule has 0 saturated carbocycles. The van der Waals surface area contributed by atoms with Crippen molar-refractivity contribution in [1.82, 2.24) is 9.59 Å². The van der Waals surface area contributed by atoms with Crippen molar-refractivity contribution in [2.75, 3.05) is 0 Å². The molecule has 0 atom stereocenters. The largest absolute Gasteiger partial charge is 0.287 e. The molecule has 6 heteroatoms. The summed E-state index contributed by atoms with van der Waals surface area (Å²) in [6.45, 7) is 1.98. The number of carbonyl (C=O) groups excluding carboxylic acids is 1. The average Bonchev–Trinajstić information content (AvgIpc) is 2.77. The van der Waals surface area contributed by atoms with Gasteiger partial charge in [-0.15, -0.1) is 5.10 Å². The van der Waals surface area contributed by atoms with Crippen molar-refractivity contribution in [3.8, 4) is 0 Å². The van der Waals surface area contributed by atoms with E-state index in [0.717, 1.165) is 24.0 Å². The van der Waals surface area contributed by atoms with Gasteiger partial charge in [0, 0.05) is 5.02 Å². The Labute approximate surface area is 113 Å². The maximum atomic E-state index is 13.7. The van der Waals surface area contributed by atoms with E-state index in [4.69, 9.17) is 11.6 Å². The third kappa shape index (κ3) is 2.57. The summed E-state index contributed by atoms with van der Waals surface area (Å²) in [5, 5.41) is 4.16. The van der Waals surface area contributed by atoms with Gasteiger partial charge < -0.3 is 0 Å². The number of carbonyl (C=O) groups is 1. The molecular weight excluding hydrogens is 275 g/mol. The van der Waals surface area contributed by atoms with Gasteiger partial charge in [-0.2, -0.15) is 0 Å². The highest BCUT2D eigenvalue weighted by molar-refractivity contribution is 7.08. The summed E-state index contributed by atoms with van der Waals surface area (Å²) < 4.78 is 17.4. The lowest BCUT2D eigenvalue weighted by Crippen LogP contribution is -2.05. The number of halogens is 2. The molecule has 0 saturated heterocycles. The summed E-state index contributed by atoms with van der Waals surface area (Å²) >= 11 is 6.65. The van der Waals surface area contributed by atoms with Gasteiger partial charge in [0.05, 0.1) is 11.3 Å². The topological polar surface area (TPSA) is 42.9 Å². The molecule has 2 aromatic rings. The molecule has 2 rings (SSSR count). The fourth-order valence-electron chi connectivity index (χ4n) is 1.58. The Kier molecular flexibility index (Phi) is 4.04. The van der Waals surface area contributed by atoms with E-state index >= 15 is 0 Å². The van der Waals surface area contributed by atoms with E-state index in [0.29, 0.717) is 17.0 Å². The molecule has 0 fully saturated rings. The van der Waals surface area contributed by atoms with Gasteiger partial charge in [-0.25, -0.2) is 4.39 Å². The van der Waals surface area contributed by atoms with Crippen molar-refractivity contribution in [2.45, 2.75) is 19.8 Å². The van der Waals surface area contributed by atoms with E-state index in [-0.39, 0.29) is 16.4 Å². The van der Waals surface area contributed by atoms with Gasteiger partial charge in [0.1, 0.15) is 10.7 Å². The SMILES string of the molecule is CCCc1nnsc1C(=O)c1ccc(Cl)cc1F. The highest BCUT2D eigenvalue weighted by atomic mass is 35.5. The van der Waals surface area contributed by atoms with Crippen LogP contribution in [0.15, 0.2) is 18.2 Å². The predicted octanol–water partition coefficient (Wildman–Crippen LogP) is 3.51. The van der Waals surface area contributed by atoms with Crippen LogP contribution in [0.5, 0.6) is 0 Å². The molecule has 0 amide bonds. The molecule has 1 heterocycles. The molecule has 0 N–H and O–H groups in total. The lowest BCUT2D eigenvalue weighted by atomic mass is 10.1. The van der Waals surface area contributed by atoms with Crippen molar-refractivity contribution in [1.29, 1.82) is 0 Å². The number of hydrogen-bond donors (Lipinski definition) is 0. The zero-order chi connectivity index (χ0) is 13.1. The van der Waals surface area contributed by atoms with Crippen LogP contribution >= 0.6 is 23.1 Å². The van der Waals surface area contributed by atoms with Crippen molar-refractivity contribution in [3.63, 3.8) is 0 Å². The molecule has 0 radical (unpaired) electrons. The number of nitrogens with zero attached hydrogens (tertiary/aromatic N) is 2. The lowest BCUT2D eigenvalue weighted by molar-refractivity contribution is 0.103. The summed E-state index contributed by atoms with van der Waals surface area (Å²) in [5.74, 6) is -1.01. The Hall–Kier alpha value is -1.33. The van der Waals surface area contributed by atoms with Gasteiger partial charge in [-0.1, -0.05) is 29.4 Å². The number of benzene rings is 1. The van der Waals surface area contributed by atoms with Gasteiger partial charge in [-0.3, -0.25) is 4.79 Å². The fraction of sp³-hybridized carbons (Fsp3) is 0.250. The van der Waals surface area contributed by atoms with Crippen LogP contribution in [0, 0.1) is 5.82 Å². The molecule has 1 aromatic heterocycles. The van der Waals surface area contributed by atoms with Crippen LogP contribution in [0.25, 0.3) is 0 Å². The van der Waals surface area contributed by atoms with Gasteiger partial charge in [-0.05, 0) is 36.2 Å². The molecule has 0 aliphatic rings. The minimum absolute atomic E-state index is 0.00260. The molecule has 0 spiro atoms. The summed E-state index contributed by atoms with van der Waals surface area (Å²) in [6, 6.07) is 4.00. The smallest absolute Gasteiger partial charge is 0.209 e. The number of hydrogen-bond acceptors (Lipinski definition) is 4. The first-order chi connectivity index (χ1) is 8.63. The molecule has 0 bridgehead atoms. The van der Waals surface area contributed by atoms with E-state index in [2.05, 4.69) is 9.59 Å². The van der Waals surface area contributed by atoms with Crippen LogP contribution < -0.4 is 0 Å². The second kappa shape index (κ2) is 5.54. The zero-order valence-electron chi connectivity index (χ0n) is 9.61. The minimum Gasteiger partial charge on any atom is -0.287 e. The highest BCUT2D eigenvalue weighted by Gasteiger charge is 2.20. The molecule has 1 aromatic carbocycles. The maximum Gasteiger partial charge on any atom is 0.209 e. The summed E-state index contributed by atoms with van der Waals surface area (Å²) in [5.41, 5.74) is 0.629. The summed E-state index contributed by atoms with van der Waals surface area (Å²) in [4.78, 5) is 12.6. The van der Waals surface area contributed by atoms with E-state index in [1.165, 1.54) is 12.1 Å². The van der Waals surface area contributed by atoms with Gasteiger partial charge in [0.2, 0.25) is 5.78 Å². The van der Waals surface area contributed by atoms with E-state index in [1.54, 1.807) is 0 Å². The Bertz CT molecular complexity index is 585. The summed E-state index contributed by atoms with van der Waals surface area (Å²) in [7, 11) is 0. The van der Waals surface area contributed by atoms with E-state index in [1.807, 2.05) is 6.92 Å². The molecule has 0 aliphatic heterocycles. The lowest BCUT2D eigenvalue weighted by Gasteiger charge is -2.02. The minimum atomic E-state index is -0.622. The fourth-order valence-corrected chi connectivity index (χ4v) is 2.40. The first-order valence-corrected chi connectivity index (χ1v) is 6.59. The third-order valence-electron chi connectivity index (χ3n) is 2.42. The Balaban J connectivity index is 2.38. The maximum absolute atomic E-state index is 13.7. The Morgan fingerprint density at radius 2 is 2.28 bits per heavy atom. The number of aromatic nitrogens is 2. The van der Waals surface area contributed by atoms with Crippen LogP contribution in [0.1, 0.15) is 34.3 Å². The monoisotopic (exact) mass is 284 g/mol. The van der Waals surface area contributed by atoms with E-state index < -0.39 is 5.82 Å². The second-order valence-corrected chi connectivity index (χ2v) is 4.94. The first-order valence-electron chi connectivity index (χ1n) is 5.44. The van der Waals surface area contributed by atoms with Crippen LogP contribution in [-0.2, 0) is 6.42 Å². The third-order valence-corrected chi connectivity index (χ3v) is 3.43. The Morgan fingerprint density at radius 3 is 2.94 bits per heavy atom. The number of rotatable bonds is 4. The molecule has 94 valence electrons. The Morgan fingerprint density at radius 1 is 1.50 bits per heavy atom. The van der Waals surface area contributed by atoms with Crippen molar-refractivity contribution < 1.29 is 9.18 Å². The van der Waals surface area contributed by atoms with Crippen molar-refractivity contribution in [2.24, 2.45) is 0 Å². The quantitative estimate of drug-likeness (QED) is 0.807. The van der Waals surface area contributed by atoms with Crippen LogP contribution in [0.2, 0.25) is 5.02 Å². The van der Waals surface area contributed by atoms with Gasteiger partial charge in [0.15, 0.2) is 0 Å². The molecule has 3 nitrogen and oxygen atoms in total. The van der Waals surface area contributed by atoms with Crippen LogP contribution in [-0.4, -0.2) is 15.4 Å². The van der Waals surface area contributed by atoms with Gasteiger partial charge >= 0.3 is 0 Å². The number of ketones is 1. The second-order valence-electron chi connectivity index (χ2n) is 3.75. The van der Waals surface area contributed by atoms with Crippen LogP contribution in [0.4, 0.5) is 4.39 Å².